The Morgan fingerprint density at radius 2 is 1.78 bits per heavy atom. The molecule has 0 bridgehead atoms. The number of carbonyl (C=O) groups excluding carboxylic acids is 1. The van der Waals surface area contributed by atoms with Crippen molar-refractivity contribution >= 4 is 28.9 Å². The fourth-order valence-electron chi connectivity index (χ4n) is 3.03. The van der Waals surface area contributed by atoms with Gasteiger partial charge in [0, 0.05) is 19.3 Å². The van der Waals surface area contributed by atoms with E-state index >= 15 is 0 Å². The highest BCUT2D eigenvalue weighted by atomic mass is 35.5. The molecule has 2 heterocycles. The van der Waals surface area contributed by atoms with Gasteiger partial charge in [-0.25, -0.2) is 0 Å². The van der Waals surface area contributed by atoms with Crippen molar-refractivity contribution in [3.8, 4) is 0 Å². The number of anilines is 2. The molecule has 0 saturated carbocycles. The number of nitrogens with zero attached hydrogens (tertiary/aromatic N) is 2. The fraction of sp³-hybridized carbons (Fsp3) is 0.368. The fourth-order valence-corrected chi connectivity index (χ4v) is 3.20. The summed E-state index contributed by atoms with van der Waals surface area (Å²) in [5, 5.41) is 2.98. The summed E-state index contributed by atoms with van der Waals surface area (Å²) >= 11 is 6.01. The molecule has 1 aromatic heterocycles. The van der Waals surface area contributed by atoms with Crippen LogP contribution in [0.15, 0.2) is 36.7 Å². The SMILES string of the molecule is O=C(c1cncc(Nc2cc(C(F)(F)F)ccc2Cl)c1)N1CCCCCC1. The Balaban J connectivity index is 1.81. The third-order valence-corrected chi connectivity index (χ3v) is 4.78. The van der Waals surface area contributed by atoms with E-state index in [-0.39, 0.29) is 16.6 Å². The molecular formula is C19H19ClF3N3O. The van der Waals surface area contributed by atoms with Crippen molar-refractivity contribution in [2.75, 3.05) is 18.4 Å². The molecule has 1 aliphatic heterocycles. The minimum atomic E-state index is -4.47. The summed E-state index contributed by atoms with van der Waals surface area (Å²) < 4.78 is 38.7. The number of alkyl halides is 3. The number of nitrogens with one attached hydrogen (secondary N) is 1. The summed E-state index contributed by atoms with van der Waals surface area (Å²) in [6.07, 6.45) is 2.59. The lowest BCUT2D eigenvalue weighted by molar-refractivity contribution is -0.137. The van der Waals surface area contributed by atoms with Crippen LogP contribution in [0.5, 0.6) is 0 Å². The van der Waals surface area contributed by atoms with Crippen LogP contribution in [0.4, 0.5) is 24.5 Å². The van der Waals surface area contributed by atoms with Gasteiger partial charge in [-0.2, -0.15) is 13.2 Å². The third kappa shape index (κ3) is 4.91. The summed E-state index contributed by atoms with van der Waals surface area (Å²) in [5.41, 5.74) is 0.0914. The number of hydrogen-bond donors (Lipinski definition) is 1. The minimum Gasteiger partial charge on any atom is -0.353 e. The van der Waals surface area contributed by atoms with Crippen LogP contribution in [0.3, 0.4) is 0 Å². The third-order valence-electron chi connectivity index (χ3n) is 4.45. The zero-order valence-corrected chi connectivity index (χ0v) is 15.3. The molecule has 0 spiro atoms. The molecule has 1 saturated heterocycles. The molecule has 0 radical (unpaired) electrons. The van der Waals surface area contributed by atoms with E-state index in [0.29, 0.717) is 24.3 Å². The Labute approximate surface area is 160 Å². The van der Waals surface area contributed by atoms with Crippen molar-refractivity contribution in [1.82, 2.24) is 9.88 Å². The van der Waals surface area contributed by atoms with Gasteiger partial charge in [-0.1, -0.05) is 24.4 Å². The molecule has 144 valence electrons. The number of pyridine rings is 1. The normalized spacial score (nSPS) is 15.3. The lowest BCUT2D eigenvalue weighted by Gasteiger charge is -2.20. The van der Waals surface area contributed by atoms with Crippen LogP contribution in [0.2, 0.25) is 5.02 Å². The molecule has 1 aromatic carbocycles. The van der Waals surface area contributed by atoms with Gasteiger partial charge in [0.2, 0.25) is 0 Å². The van der Waals surface area contributed by atoms with Gasteiger partial charge in [-0.05, 0) is 37.1 Å². The number of halogens is 4. The van der Waals surface area contributed by atoms with E-state index in [1.54, 1.807) is 11.0 Å². The zero-order valence-electron chi connectivity index (χ0n) is 14.5. The van der Waals surface area contributed by atoms with Gasteiger partial charge in [0.15, 0.2) is 0 Å². The van der Waals surface area contributed by atoms with Crippen LogP contribution in [-0.4, -0.2) is 28.9 Å². The predicted molar refractivity (Wildman–Crippen MR) is 98.3 cm³/mol. The van der Waals surface area contributed by atoms with Crippen LogP contribution in [0.25, 0.3) is 0 Å². The summed E-state index contributed by atoms with van der Waals surface area (Å²) in [6, 6.07) is 4.62. The highest BCUT2D eigenvalue weighted by Gasteiger charge is 2.31. The lowest BCUT2D eigenvalue weighted by atomic mass is 10.1. The number of aromatic nitrogens is 1. The van der Waals surface area contributed by atoms with Gasteiger partial charge in [-0.3, -0.25) is 9.78 Å². The van der Waals surface area contributed by atoms with Gasteiger partial charge >= 0.3 is 6.18 Å². The number of likely N-dealkylation sites (tertiary alicyclic amines) is 1. The minimum absolute atomic E-state index is 0.104. The number of benzene rings is 1. The Kier molecular flexibility index (Phi) is 5.89. The Hall–Kier alpha value is -2.28. The van der Waals surface area contributed by atoms with Crippen LogP contribution >= 0.6 is 11.6 Å². The van der Waals surface area contributed by atoms with E-state index in [0.717, 1.165) is 37.8 Å². The van der Waals surface area contributed by atoms with Crippen molar-refractivity contribution in [2.45, 2.75) is 31.9 Å². The van der Waals surface area contributed by atoms with Crippen LogP contribution in [0, 0.1) is 0 Å². The molecule has 2 aromatic rings. The molecule has 0 unspecified atom stereocenters. The first-order valence-corrected chi connectivity index (χ1v) is 9.10. The van der Waals surface area contributed by atoms with Crippen LogP contribution < -0.4 is 5.32 Å². The van der Waals surface area contributed by atoms with Crippen LogP contribution in [-0.2, 0) is 6.18 Å². The first-order valence-electron chi connectivity index (χ1n) is 8.73. The summed E-state index contributed by atoms with van der Waals surface area (Å²) in [5.74, 6) is -0.122. The van der Waals surface area contributed by atoms with E-state index in [4.69, 9.17) is 11.6 Å². The maximum Gasteiger partial charge on any atom is 0.416 e. The monoisotopic (exact) mass is 397 g/mol. The second-order valence-electron chi connectivity index (χ2n) is 6.49. The number of carbonyl (C=O) groups is 1. The molecule has 1 fully saturated rings. The van der Waals surface area contributed by atoms with Crippen molar-refractivity contribution in [1.29, 1.82) is 0 Å². The van der Waals surface area contributed by atoms with Crippen LogP contribution in [0.1, 0.15) is 41.6 Å². The molecule has 0 aliphatic carbocycles. The summed E-state index contributed by atoms with van der Waals surface area (Å²) in [6.45, 7) is 1.41. The van der Waals surface area contributed by atoms with Gasteiger partial charge < -0.3 is 10.2 Å². The smallest absolute Gasteiger partial charge is 0.353 e. The van der Waals surface area contributed by atoms with E-state index in [1.165, 1.54) is 18.5 Å². The van der Waals surface area contributed by atoms with E-state index < -0.39 is 11.7 Å². The van der Waals surface area contributed by atoms with E-state index in [2.05, 4.69) is 10.3 Å². The van der Waals surface area contributed by atoms with Gasteiger partial charge in [0.25, 0.3) is 5.91 Å². The van der Waals surface area contributed by atoms with Crippen molar-refractivity contribution in [3.05, 3.63) is 52.8 Å². The average Bonchev–Trinajstić information content (AvgIpc) is 2.91. The second-order valence-corrected chi connectivity index (χ2v) is 6.89. The van der Waals surface area contributed by atoms with Crippen molar-refractivity contribution in [3.63, 3.8) is 0 Å². The molecule has 3 rings (SSSR count). The molecule has 1 N–H and O–H groups in total. The molecule has 8 heteroatoms. The topological polar surface area (TPSA) is 45.2 Å². The molecule has 0 atom stereocenters. The van der Waals surface area contributed by atoms with E-state index in [9.17, 15) is 18.0 Å². The average molecular weight is 398 g/mol. The van der Waals surface area contributed by atoms with Gasteiger partial charge in [0.1, 0.15) is 0 Å². The Bertz CT molecular complexity index is 818. The highest BCUT2D eigenvalue weighted by molar-refractivity contribution is 6.33. The lowest BCUT2D eigenvalue weighted by Crippen LogP contribution is -2.31. The Morgan fingerprint density at radius 1 is 1.07 bits per heavy atom. The molecule has 27 heavy (non-hydrogen) atoms. The first-order chi connectivity index (χ1) is 12.8. The van der Waals surface area contributed by atoms with Gasteiger partial charge in [0.05, 0.1) is 33.7 Å². The first kappa shape index (κ1) is 19.5. The van der Waals surface area contributed by atoms with E-state index in [1.807, 2.05) is 0 Å². The molecule has 4 nitrogen and oxygen atoms in total. The maximum atomic E-state index is 12.9. The molecule has 1 aliphatic rings. The Morgan fingerprint density at radius 3 is 2.44 bits per heavy atom. The predicted octanol–water partition coefficient (Wildman–Crippen LogP) is 5.51. The van der Waals surface area contributed by atoms with Gasteiger partial charge in [-0.15, -0.1) is 0 Å². The number of amides is 1. The largest absolute Gasteiger partial charge is 0.416 e. The number of hydrogen-bond acceptors (Lipinski definition) is 3. The summed E-state index contributed by atoms with van der Waals surface area (Å²) in [7, 11) is 0. The molecule has 1 amide bonds. The zero-order chi connectivity index (χ0) is 19.4. The summed E-state index contributed by atoms with van der Waals surface area (Å²) in [4.78, 5) is 18.5. The molecular weight excluding hydrogens is 379 g/mol. The maximum absolute atomic E-state index is 12.9. The highest BCUT2D eigenvalue weighted by Crippen LogP contribution is 2.35. The standard InChI is InChI=1S/C19H19ClF3N3O/c20-16-6-5-14(19(21,22)23)10-17(16)25-15-9-13(11-24-12-15)18(27)26-7-3-1-2-4-8-26/h5-6,9-12,25H,1-4,7-8H2. The second kappa shape index (κ2) is 8.17. The number of rotatable bonds is 3. The van der Waals surface area contributed by atoms with Crippen molar-refractivity contribution < 1.29 is 18.0 Å². The van der Waals surface area contributed by atoms with Crippen molar-refractivity contribution in [2.24, 2.45) is 0 Å². The quantitative estimate of drug-likeness (QED) is 0.742.